The Morgan fingerprint density at radius 2 is 2.22 bits per heavy atom. The van der Waals surface area contributed by atoms with E-state index in [-0.39, 0.29) is 11.5 Å². The Morgan fingerprint density at radius 1 is 1.39 bits per heavy atom. The summed E-state index contributed by atoms with van der Waals surface area (Å²) < 4.78 is 2.70. The largest absolute Gasteiger partial charge is 0.288 e. The monoisotopic (exact) mass is 329 g/mol. The first-order valence-electron chi connectivity index (χ1n) is 7.39. The van der Waals surface area contributed by atoms with E-state index in [0.717, 1.165) is 29.7 Å². The molecule has 7 nitrogen and oxygen atoms in total. The van der Waals surface area contributed by atoms with Crippen LogP contribution < -0.4 is 11.0 Å². The Morgan fingerprint density at radius 3 is 2.96 bits per heavy atom. The maximum atomic E-state index is 12.9. The molecule has 0 saturated heterocycles. The van der Waals surface area contributed by atoms with Gasteiger partial charge in [-0.3, -0.25) is 19.7 Å². The number of thiophene rings is 1. The summed E-state index contributed by atoms with van der Waals surface area (Å²) >= 11 is 1.59. The molecule has 0 unspecified atom stereocenters. The van der Waals surface area contributed by atoms with Gasteiger partial charge in [-0.15, -0.1) is 11.3 Å². The van der Waals surface area contributed by atoms with Crippen LogP contribution in [0, 0.1) is 6.92 Å². The highest BCUT2D eigenvalue weighted by Crippen LogP contribution is 2.34. The van der Waals surface area contributed by atoms with E-state index < -0.39 is 0 Å². The number of aryl methyl sites for hydroxylation is 4. The van der Waals surface area contributed by atoms with E-state index >= 15 is 0 Å². The van der Waals surface area contributed by atoms with Gasteiger partial charge in [-0.05, 0) is 37.8 Å². The van der Waals surface area contributed by atoms with E-state index in [2.05, 4.69) is 15.5 Å². The Kier molecular flexibility index (Phi) is 3.08. The van der Waals surface area contributed by atoms with Gasteiger partial charge in [-0.25, -0.2) is 9.66 Å². The number of fused-ring (bicyclic) bond motifs is 3. The lowest BCUT2D eigenvalue weighted by Gasteiger charge is -2.11. The van der Waals surface area contributed by atoms with Gasteiger partial charge in [0.2, 0.25) is 0 Å². The van der Waals surface area contributed by atoms with E-state index in [9.17, 15) is 9.59 Å². The Labute approximate surface area is 135 Å². The molecule has 0 aromatic carbocycles. The molecule has 8 heteroatoms. The SMILES string of the molecule is Cc1nc2sc3c(c2c(=O)n1NC(=O)c1ccnn1C)CCC3. The van der Waals surface area contributed by atoms with Gasteiger partial charge in [0.15, 0.2) is 0 Å². The zero-order valence-corrected chi connectivity index (χ0v) is 13.6. The smallest absolute Gasteiger partial charge is 0.267 e. The normalized spacial score (nSPS) is 13.5. The first-order chi connectivity index (χ1) is 11.1. The van der Waals surface area contributed by atoms with Crippen LogP contribution in [0.1, 0.15) is 33.2 Å². The van der Waals surface area contributed by atoms with E-state index in [0.29, 0.717) is 16.9 Å². The van der Waals surface area contributed by atoms with Gasteiger partial charge in [0, 0.05) is 18.1 Å². The number of nitrogens with one attached hydrogen (secondary N) is 1. The third-order valence-corrected chi connectivity index (χ3v) is 5.36. The lowest BCUT2D eigenvalue weighted by atomic mass is 10.2. The van der Waals surface area contributed by atoms with Crippen LogP contribution in [0.5, 0.6) is 0 Å². The molecule has 3 aromatic heterocycles. The summed E-state index contributed by atoms with van der Waals surface area (Å²) in [7, 11) is 1.68. The van der Waals surface area contributed by atoms with Crippen LogP contribution in [-0.4, -0.2) is 25.3 Å². The van der Waals surface area contributed by atoms with E-state index in [4.69, 9.17) is 0 Å². The number of carbonyl (C=O) groups excluding carboxylic acids is 1. The zero-order chi connectivity index (χ0) is 16.1. The summed E-state index contributed by atoms with van der Waals surface area (Å²) in [4.78, 5) is 31.7. The second-order valence-electron chi connectivity index (χ2n) is 5.62. The van der Waals surface area contributed by atoms with Crippen LogP contribution in [0.15, 0.2) is 17.1 Å². The lowest BCUT2D eigenvalue weighted by molar-refractivity contribution is 0.0997. The summed E-state index contributed by atoms with van der Waals surface area (Å²) in [5.41, 5.74) is 3.92. The molecule has 1 aliphatic rings. The maximum Gasteiger partial charge on any atom is 0.288 e. The van der Waals surface area contributed by atoms with E-state index in [1.54, 1.807) is 31.4 Å². The molecule has 23 heavy (non-hydrogen) atoms. The highest BCUT2D eigenvalue weighted by atomic mass is 32.1. The molecule has 4 rings (SSSR count). The molecule has 1 aliphatic carbocycles. The van der Waals surface area contributed by atoms with Crippen molar-refractivity contribution < 1.29 is 4.79 Å². The van der Waals surface area contributed by atoms with Crippen molar-refractivity contribution in [3.63, 3.8) is 0 Å². The topological polar surface area (TPSA) is 81.8 Å². The minimum absolute atomic E-state index is 0.206. The van der Waals surface area contributed by atoms with Gasteiger partial charge in [0.25, 0.3) is 11.5 Å². The number of hydrogen-bond donors (Lipinski definition) is 1. The molecule has 3 heterocycles. The fraction of sp³-hybridized carbons (Fsp3) is 0.333. The number of nitrogens with zero attached hydrogens (tertiary/aromatic N) is 4. The number of amides is 1. The Balaban J connectivity index is 1.83. The number of hydrogen-bond acceptors (Lipinski definition) is 5. The molecule has 0 atom stereocenters. The molecule has 3 aromatic rings. The van der Waals surface area contributed by atoms with E-state index in [1.165, 1.54) is 20.4 Å². The predicted molar refractivity (Wildman–Crippen MR) is 87.5 cm³/mol. The molecule has 1 N–H and O–H groups in total. The highest BCUT2D eigenvalue weighted by Gasteiger charge is 2.23. The van der Waals surface area contributed by atoms with Crippen molar-refractivity contribution in [2.24, 2.45) is 7.05 Å². The molecular formula is C15H15N5O2S. The first kappa shape index (κ1) is 14.1. The average molecular weight is 329 g/mol. The van der Waals surface area contributed by atoms with Crippen molar-refractivity contribution in [1.82, 2.24) is 19.4 Å². The minimum atomic E-state index is -0.386. The number of rotatable bonds is 2. The lowest BCUT2D eigenvalue weighted by Crippen LogP contribution is -2.36. The van der Waals surface area contributed by atoms with Crippen LogP contribution in [0.3, 0.4) is 0 Å². The fourth-order valence-electron chi connectivity index (χ4n) is 3.03. The van der Waals surface area contributed by atoms with Crippen LogP contribution in [0.2, 0.25) is 0 Å². The van der Waals surface area contributed by atoms with Crippen molar-refractivity contribution >= 4 is 27.5 Å². The van der Waals surface area contributed by atoms with Crippen LogP contribution in [0.4, 0.5) is 0 Å². The van der Waals surface area contributed by atoms with Crippen LogP contribution >= 0.6 is 11.3 Å². The van der Waals surface area contributed by atoms with Gasteiger partial charge in [-0.2, -0.15) is 5.10 Å². The minimum Gasteiger partial charge on any atom is -0.267 e. The second kappa shape index (κ2) is 5.02. The molecule has 0 aliphatic heterocycles. The average Bonchev–Trinajstić information content (AvgIpc) is 3.18. The summed E-state index contributed by atoms with van der Waals surface area (Å²) in [5, 5.41) is 4.62. The van der Waals surface area contributed by atoms with Crippen molar-refractivity contribution in [1.29, 1.82) is 0 Å². The fourth-order valence-corrected chi connectivity index (χ4v) is 4.33. The molecule has 118 valence electrons. The van der Waals surface area contributed by atoms with E-state index in [1.807, 2.05) is 0 Å². The Bertz CT molecular complexity index is 997. The first-order valence-corrected chi connectivity index (χ1v) is 8.21. The van der Waals surface area contributed by atoms with Gasteiger partial charge >= 0.3 is 0 Å². The number of aromatic nitrogens is 4. The molecule has 0 radical (unpaired) electrons. The van der Waals surface area contributed by atoms with Crippen molar-refractivity contribution in [3.05, 3.63) is 44.6 Å². The van der Waals surface area contributed by atoms with Crippen molar-refractivity contribution in [2.45, 2.75) is 26.2 Å². The summed E-state index contributed by atoms with van der Waals surface area (Å²) in [5.74, 6) is 0.0844. The molecule has 0 fully saturated rings. The highest BCUT2D eigenvalue weighted by molar-refractivity contribution is 7.18. The molecule has 0 bridgehead atoms. The van der Waals surface area contributed by atoms with Crippen molar-refractivity contribution in [2.75, 3.05) is 5.43 Å². The third-order valence-electron chi connectivity index (χ3n) is 4.17. The second-order valence-corrected chi connectivity index (χ2v) is 6.70. The zero-order valence-electron chi connectivity index (χ0n) is 12.8. The Hall–Kier alpha value is -2.48. The van der Waals surface area contributed by atoms with Crippen LogP contribution in [0.25, 0.3) is 10.2 Å². The summed E-state index contributed by atoms with van der Waals surface area (Å²) in [6.45, 7) is 1.72. The van der Waals surface area contributed by atoms with Gasteiger partial charge in [-0.1, -0.05) is 0 Å². The molecular weight excluding hydrogens is 314 g/mol. The summed E-state index contributed by atoms with van der Waals surface area (Å²) in [6, 6.07) is 1.60. The third kappa shape index (κ3) is 2.09. The molecule has 0 saturated carbocycles. The van der Waals surface area contributed by atoms with Gasteiger partial charge < -0.3 is 0 Å². The maximum absolute atomic E-state index is 12.9. The van der Waals surface area contributed by atoms with Crippen molar-refractivity contribution in [3.8, 4) is 0 Å². The quantitative estimate of drug-likeness (QED) is 0.770. The molecule has 1 amide bonds. The molecule has 0 spiro atoms. The van der Waals surface area contributed by atoms with Gasteiger partial charge in [0.05, 0.1) is 5.39 Å². The predicted octanol–water partition coefficient (Wildman–Crippen LogP) is 1.37. The van der Waals surface area contributed by atoms with Crippen LogP contribution in [-0.2, 0) is 19.9 Å². The van der Waals surface area contributed by atoms with Gasteiger partial charge in [0.1, 0.15) is 16.3 Å². The summed E-state index contributed by atoms with van der Waals surface area (Å²) in [6.07, 6.45) is 4.53. The number of carbonyl (C=O) groups is 1. The standard InChI is InChI=1S/C15H15N5O2S/c1-8-17-14-12(9-4-3-5-11(9)23-14)15(22)20(8)18-13(21)10-6-7-16-19(10)2/h6-7H,3-5H2,1-2H3,(H,18,21).